The zero-order valence-corrected chi connectivity index (χ0v) is 15.6. The Kier molecular flexibility index (Phi) is 5.27. The number of nitrogens with zero attached hydrogens (tertiary/aromatic N) is 2. The molecule has 0 radical (unpaired) electrons. The highest BCUT2D eigenvalue weighted by atomic mass is 16.5. The Morgan fingerprint density at radius 2 is 2.15 bits per heavy atom. The van der Waals surface area contributed by atoms with E-state index < -0.39 is 0 Å². The van der Waals surface area contributed by atoms with Gasteiger partial charge in [-0.3, -0.25) is 4.90 Å². The number of benzene rings is 1. The van der Waals surface area contributed by atoms with Gasteiger partial charge in [-0.1, -0.05) is 25.3 Å². The molecule has 1 aliphatic carbocycles. The first-order valence-electron chi connectivity index (χ1n) is 9.85. The highest BCUT2D eigenvalue weighted by molar-refractivity contribution is 5.39. The standard InChI is InChI=1S/C21H29N3O2/c1-15-19(23-14-22-15)13-24-9-10-26-20-8-7-17(11-18(20)12-24)21(25)16-5-3-2-4-6-16/h7-8,11,14,16,21,25H,2-6,9-10,12-13H2,1H3,(H,22,23). The Hall–Kier alpha value is -1.85. The Bertz CT molecular complexity index is 737. The average molecular weight is 355 g/mol. The number of nitrogens with one attached hydrogen (secondary N) is 1. The summed E-state index contributed by atoms with van der Waals surface area (Å²) < 4.78 is 5.96. The molecule has 4 rings (SSSR count). The lowest BCUT2D eigenvalue weighted by molar-refractivity contribution is 0.0847. The molecule has 2 N–H and O–H groups in total. The predicted octanol–water partition coefficient (Wildman–Crippen LogP) is 3.73. The van der Waals surface area contributed by atoms with E-state index in [1.165, 1.54) is 24.8 Å². The van der Waals surface area contributed by atoms with Crippen molar-refractivity contribution in [3.8, 4) is 5.75 Å². The molecule has 1 unspecified atom stereocenters. The summed E-state index contributed by atoms with van der Waals surface area (Å²) >= 11 is 0. The van der Waals surface area contributed by atoms with Crippen LogP contribution >= 0.6 is 0 Å². The number of aryl methyl sites for hydroxylation is 1. The van der Waals surface area contributed by atoms with Gasteiger partial charge in [0.1, 0.15) is 12.4 Å². The van der Waals surface area contributed by atoms with E-state index in [1.807, 2.05) is 12.1 Å². The van der Waals surface area contributed by atoms with Crippen molar-refractivity contribution in [3.63, 3.8) is 0 Å². The van der Waals surface area contributed by atoms with Gasteiger partial charge in [-0.05, 0) is 43.4 Å². The van der Waals surface area contributed by atoms with Crippen molar-refractivity contribution >= 4 is 0 Å². The van der Waals surface area contributed by atoms with Gasteiger partial charge < -0.3 is 14.8 Å². The molecule has 2 aliphatic rings. The van der Waals surface area contributed by atoms with Gasteiger partial charge >= 0.3 is 0 Å². The van der Waals surface area contributed by atoms with E-state index in [-0.39, 0.29) is 6.10 Å². The van der Waals surface area contributed by atoms with Crippen molar-refractivity contribution in [3.05, 3.63) is 47.0 Å². The summed E-state index contributed by atoms with van der Waals surface area (Å²) in [5, 5.41) is 10.9. The van der Waals surface area contributed by atoms with Gasteiger partial charge in [-0.15, -0.1) is 0 Å². The summed E-state index contributed by atoms with van der Waals surface area (Å²) in [5.74, 6) is 1.35. The van der Waals surface area contributed by atoms with Gasteiger partial charge in [-0.25, -0.2) is 4.98 Å². The first-order valence-corrected chi connectivity index (χ1v) is 9.85. The number of aromatic amines is 1. The fourth-order valence-corrected chi connectivity index (χ4v) is 4.27. The molecule has 1 atom stereocenters. The van der Waals surface area contributed by atoms with Crippen LogP contribution in [0.3, 0.4) is 0 Å². The first kappa shape index (κ1) is 17.6. The van der Waals surface area contributed by atoms with Gasteiger partial charge in [0.05, 0.1) is 18.1 Å². The zero-order chi connectivity index (χ0) is 17.9. The summed E-state index contributed by atoms with van der Waals surface area (Å²) in [5.41, 5.74) is 4.42. The Morgan fingerprint density at radius 1 is 1.31 bits per heavy atom. The average Bonchev–Trinajstić information content (AvgIpc) is 2.96. The summed E-state index contributed by atoms with van der Waals surface area (Å²) in [4.78, 5) is 9.94. The lowest BCUT2D eigenvalue weighted by Crippen LogP contribution is -2.25. The number of aromatic nitrogens is 2. The van der Waals surface area contributed by atoms with E-state index in [2.05, 4.69) is 27.9 Å². The number of hydrogen-bond donors (Lipinski definition) is 2. The third kappa shape index (κ3) is 3.79. The van der Waals surface area contributed by atoms with Crippen LogP contribution in [-0.4, -0.2) is 33.1 Å². The molecule has 5 nitrogen and oxygen atoms in total. The molecule has 1 aromatic carbocycles. The normalized spacial score (nSPS) is 20.2. The summed E-state index contributed by atoms with van der Waals surface area (Å²) in [6, 6.07) is 6.25. The van der Waals surface area contributed by atoms with Crippen LogP contribution in [0.15, 0.2) is 24.5 Å². The number of fused-ring (bicyclic) bond motifs is 1. The number of hydrogen-bond acceptors (Lipinski definition) is 4. The Balaban J connectivity index is 1.51. The second-order valence-corrected chi connectivity index (χ2v) is 7.74. The maximum atomic E-state index is 10.9. The zero-order valence-electron chi connectivity index (χ0n) is 15.6. The third-order valence-corrected chi connectivity index (χ3v) is 5.89. The van der Waals surface area contributed by atoms with Crippen molar-refractivity contribution < 1.29 is 9.84 Å². The molecule has 1 aromatic heterocycles. The molecule has 0 amide bonds. The second-order valence-electron chi connectivity index (χ2n) is 7.74. The van der Waals surface area contributed by atoms with E-state index in [9.17, 15) is 5.11 Å². The molecule has 0 saturated heterocycles. The molecule has 2 aromatic rings. The molecular formula is C21H29N3O2. The fraction of sp³-hybridized carbons (Fsp3) is 0.571. The van der Waals surface area contributed by atoms with Crippen LogP contribution < -0.4 is 4.74 Å². The summed E-state index contributed by atoms with van der Waals surface area (Å²) in [6.07, 6.45) is 7.47. The molecule has 26 heavy (non-hydrogen) atoms. The quantitative estimate of drug-likeness (QED) is 0.877. The number of imidazole rings is 1. The molecular weight excluding hydrogens is 326 g/mol. The lowest BCUT2D eigenvalue weighted by Gasteiger charge is -2.27. The van der Waals surface area contributed by atoms with Gasteiger partial charge in [0.2, 0.25) is 0 Å². The van der Waals surface area contributed by atoms with E-state index in [0.717, 1.165) is 55.2 Å². The molecule has 1 fully saturated rings. The van der Waals surface area contributed by atoms with E-state index >= 15 is 0 Å². The third-order valence-electron chi connectivity index (χ3n) is 5.89. The van der Waals surface area contributed by atoms with Gasteiger partial charge in [0, 0.05) is 30.9 Å². The smallest absolute Gasteiger partial charge is 0.123 e. The number of rotatable bonds is 4. The van der Waals surface area contributed by atoms with Gasteiger partial charge in [0.15, 0.2) is 0 Å². The minimum absolute atomic E-state index is 0.356. The van der Waals surface area contributed by atoms with Crippen LogP contribution in [0, 0.1) is 12.8 Å². The topological polar surface area (TPSA) is 61.4 Å². The molecule has 0 spiro atoms. The predicted molar refractivity (Wildman–Crippen MR) is 101 cm³/mol. The van der Waals surface area contributed by atoms with E-state index in [4.69, 9.17) is 4.74 Å². The van der Waals surface area contributed by atoms with Gasteiger partial charge in [-0.2, -0.15) is 0 Å². The highest BCUT2D eigenvalue weighted by Gasteiger charge is 2.25. The number of ether oxygens (including phenoxy) is 1. The molecule has 0 bridgehead atoms. The SMILES string of the molecule is Cc1[nH]cnc1CN1CCOc2ccc(C(O)C3CCCCC3)cc2C1. The first-order chi connectivity index (χ1) is 12.7. The van der Waals surface area contributed by atoms with Crippen molar-refractivity contribution in [1.29, 1.82) is 0 Å². The molecule has 1 saturated carbocycles. The number of H-pyrrole nitrogens is 1. The van der Waals surface area contributed by atoms with Crippen LogP contribution in [0.4, 0.5) is 0 Å². The van der Waals surface area contributed by atoms with E-state index in [1.54, 1.807) is 6.33 Å². The Labute approximate surface area is 155 Å². The van der Waals surface area contributed by atoms with Crippen LogP contribution in [0.25, 0.3) is 0 Å². The lowest BCUT2D eigenvalue weighted by atomic mass is 9.82. The van der Waals surface area contributed by atoms with Gasteiger partial charge in [0.25, 0.3) is 0 Å². The van der Waals surface area contributed by atoms with Crippen LogP contribution in [0.5, 0.6) is 5.75 Å². The number of aliphatic hydroxyl groups excluding tert-OH is 1. The second kappa shape index (κ2) is 7.80. The maximum absolute atomic E-state index is 10.9. The molecule has 140 valence electrons. The van der Waals surface area contributed by atoms with Crippen molar-refractivity contribution in [2.75, 3.05) is 13.2 Å². The van der Waals surface area contributed by atoms with Crippen LogP contribution in [0.1, 0.15) is 60.7 Å². The van der Waals surface area contributed by atoms with Crippen molar-refractivity contribution in [2.45, 2.75) is 58.2 Å². The summed E-state index contributed by atoms with van der Waals surface area (Å²) in [6.45, 7) is 5.26. The molecule has 5 heteroatoms. The maximum Gasteiger partial charge on any atom is 0.123 e. The minimum atomic E-state index is -0.356. The summed E-state index contributed by atoms with van der Waals surface area (Å²) in [7, 11) is 0. The van der Waals surface area contributed by atoms with Crippen LogP contribution in [-0.2, 0) is 13.1 Å². The monoisotopic (exact) mass is 355 g/mol. The number of aliphatic hydroxyl groups is 1. The van der Waals surface area contributed by atoms with Crippen molar-refractivity contribution in [2.24, 2.45) is 5.92 Å². The van der Waals surface area contributed by atoms with Crippen LogP contribution in [0.2, 0.25) is 0 Å². The van der Waals surface area contributed by atoms with Crippen molar-refractivity contribution in [1.82, 2.24) is 14.9 Å². The largest absolute Gasteiger partial charge is 0.492 e. The molecule has 2 heterocycles. The molecule has 1 aliphatic heterocycles. The highest BCUT2D eigenvalue weighted by Crippen LogP contribution is 2.36. The Morgan fingerprint density at radius 3 is 2.92 bits per heavy atom. The fourth-order valence-electron chi connectivity index (χ4n) is 4.27. The van der Waals surface area contributed by atoms with E-state index in [0.29, 0.717) is 12.5 Å². The minimum Gasteiger partial charge on any atom is -0.492 e.